The predicted molar refractivity (Wildman–Crippen MR) is 79.3 cm³/mol. The van der Waals surface area contributed by atoms with Gasteiger partial charge in [0, 0.05) is 15.9 Å². The van der Waals surface area contributed by atoms with E-state index in [4.69, 9.17) is 16.0 Å². The van der Waals surface area contributed by atoms with Gasteiger partial charge in [-0.15, -0.1) is 0 Å². The Kier molecular flexibility index (Phi) is 3.68. The van der Waals surface area contributed by atoms with E-state index in [0.717, 1.165) is 10.9 Å². The molecule has 0 aliphatic rings. The van der Waals surface area contributed by atoms with Gasteiger partial charge in [0.15, 0.2) is 0 Å². The van der Waals surface area contributed by atoms with Crippen LogP contribution in [0.5, 0.6) is 0 Å². The van der Waals surface area contributed by atoms with E-state index in [-0.39, 0.29) is 12.5 Å². The van der Waals surface area contributed by atoms with Crippen molar-refractivity contribution in [3.8, 4) is 0 Å². The molecule has 108 valence electrons. The Morgan fingerprint density at radius 1 is 1.38 bits per heavy atom. The number of aromatic nitrogens is 1. The molecule has 1 amide bonds. The van der Waals surface area contributed by atoms with Crippen LogP contribution in [0.4, 0.5) is 0 Å². The first kappa shape index (κ1) is 13.7. The topological polar surface area (TPSA) is 78.3 Å². The molecule has 0 saturated carbocycles. The second-order valence-corrected chi connectivity index (χ2v) is 5.08. The number of furan rings is 1. The van der Waals surface area contributed by atoms with Crippen molar-refractivity contribution in [3.05, 3.63) is 59.1 Å². The molecule has 3 aromatic rings. The van der Waals surface area contributed by atoms with Gasteiger partial charge < -0.3 is 19.8 Å². The van der Waals surface area contributed by atoms with Crippen LogP contribution in [0.1, 0.15) is 22.3 Å². The monoisotopic (exact) mass is 304 g/mol. The van der Waals surface area contributed by atoms with E-state index in [0.29, 0.717) is 16.5 Å². The quantitative estimate of drug-likeness (QED) is 0.693. The molecule has 0 spiro atoms. The Morgan fingerprint density at radius 2 is 2.24 bits per heavy atom. The number of amides is 1. The number of halogens is 1. The molecule has 2 heterocycles. The molecule has 1 aromatic carbocycles. The number of rotatable bonds is 4. The first-order chi connectivity index (χ1) is 10.2. The molecular formula is C15H13ClN2O3. The van der Waals surface area contributed by atoms with Gasteiger partial charge in [0.1, 0.15) is 17.5 Å². The molecule has 1 unspecified atom stereocenters. The van der Waals surface area contributed by atoms with Crippen LogP contribution in [0.3, 0.4) is 0 Å². The van der Waals surface area contributed by atoms with E-state index >= 15 is 0 Å². The first-order valence-electron chi connectivity index (χ1n) is 6.41. The summed E-state index contributed by atoms with van der Waals surface area (Å²) in [6.45, 7) is -0.245. The van der Waals surface area contributed by atoms with Crippen LogP contribution < -0.4 is 5.32 Å². The summed E-state index contributed by atoms with van der Waals surface area (Å²) in [5, 5.41) is 13.5. The van der Waals surface area contributed by atoms with Gasteiger partial charge in [-0.1, -0.05) is 11.6 Å². The van der Waals surface area contributed by atoms with E-state index in [9.17, 15) is 9.90 Å². The largest absolute Gasteiger partial charge is 0.467 e. The summed E-state index contributed by atoms with van der Waals surface area (Å²) in [6, 6.07) is 9.88. The van der Waals surface area contributed by atoms with Gasteiger partial charge in [0.2, 0.25) is 0 Å². The first-order valence-corrected chi connectivity index (χ1v) is 6.78. The second kappa shape index (κ2) is 5.63. The number of aliphatic hydroxyl groups excluding tert-OH is 1. The lowest BCUT2D eigenvalue weighted by Gasteiger charge is -2.12. The molecule has 21 heavy (non-hydrogen) atoms. The zero-order valence-electron chi connectivity index (χ0n) is 11.0. The SMILES string of the molecule is O=C(NC(CO)c1ccco1)c1cc2cc(Cl)ccc2[nH]1. The van der Waals surface area contributed by atoms with Crippen molar-refractivity contribution in [2.75, 3.05) is 6.61 Å². The van der Waals surface area contributed by atoms with Crippen LogP contribution in [-0.4, -0.2) is 22.6 Å². The van der Waals surface area contributed by atoms with E-state index in [1.165, 1.54) is 6.26 Å². The molecule has 6 heteroatoms. The summed E-state index contributed by atoms with van der Waals surface area (Å²) in [5.74, 6) is 0.183. The third-order valence-electron chi connectivity index (χ3n) is 3.20. The summed E-state index contributed by atoms with van der Waals surface area (Å²) in [6.07, 6.45) is 1.50. The van der Waals surface area contributed by atoms with Crippen molar-refractivity contribution >= 4 is 28.4 Å². The van der Waals surface area contributed by atoms with Gasteiger partial charge in [-0.25, -0.2) is 0 Å². The lowest BCUT2D eigenvalue weighted by molar-refractivity contribution is 0.0903. The van der Waals surface area contributed by atoms with Crippen LogP contribution in [0, 0.1) is 0 Å². The van der Waals surface area contributed by atoms with Crippen molar-refractivity contribution < 1.29 is 14.3 Å². The zero-order valence-corrected chi connectivity index (χ0v) is 11.7. The fraction of sp³-hybridized carbons (Fsp3) is 0.133. The van der Waals surface area contributed by atoms with Crippen LogP contribution in [0.15, 0.2) is 47.1 Å². The Hall–Kier alpha value is -2.24. The molecule has 0 fully saturated rings. The standard InChI is InChI=1S/C15H13ClN2O3/c16-10-3-4-11-9(6-10)7-12(17-11)15(20)18-13(8-19)14-2-1-5-21-14/h1-7,13,17,19H,8H2,(H,18,20). The Bertz CT molecular complexity index is 764. The smallest absolute Gasteiger partial charge is 0.268 e. The highest BCUT2D eigenvalue weighted by Crippen LogP contribution is 2.21. The van der Waals surface area contributed by atoms with Gasteiger partial charge in [-0.2, -0.15) is 0 Å². The molecule has 1 atom stereocenters. The summed E-state index contributed by atoms with van der Waals surface area (Å²) in [7, 11) is 0. The van der Waals surface area contributed by atoms with Gasteiger partial charge in [-0.3, -0.25) is 4.79 Å². The lowest BCUT2D eigenvalue weighted by Crippen LogP contribution is -2.30. The summed E-state index contributed by atoms with van der Waals surface area (Å²) >= 11 is 5.92. The third-order valence-corrected chi connectivity index (χ3v) is 3.44. The average molecular weight is 305 g/mol. The number of carbonyl (C=O) groups excluding carboxylic acids is 1. The molecule has 0 bridgehead atoms. The molecule has 0 aliphatic heterocycles. The number of hydrogen-bond donors (Lipinski definition) is 3. The van der Waals surface area contributed by atoms with Crippen LogP contribution >= 0.6 is 11.6 Å². The highest BCUT2D eigenvalue weighted by atomic mass is 35.5. The van der Waals surface area contributed by atoms with E-state index in [2.05, 4.69) is 10.3 Å². The van der Waals surface area contributed by atoms with Crippen LogP contribution in [0.2, 0.25) is 5.02 Å². The predicted octanol–water partition coefficient (Wildman–Crippen LogP) is 2.88. The van der Waals surface area contributed by atoms with Crippen molar-refractivity contribution in [2.45, 2.75) is 6.04 Å². The minimum Gasteiger partial charge on any atom is -0.467 e. The molecule has 3 rings (SSSR count). The lowest BCUT2D eigenvalue weighted by atomic mass is 10.2. The summed E-state index contributed by atoms with van der Waals surface area (Å²) in [5.41, 5.74) is 1.22. The highest BCUT2D eigenvalue weighted by molar-refractivity contribution is 6.31. The van der Waals surface area contributed by atoms with Gasteiger partial charge in [0.05, 0.1) is 12.9 Å². The van der Waals surface area contributed by atoms with E-state index < -0.39 is 6.04 Å². The molecule has 3 N–H and O–H groups in total. The third kappa shape index (κ3) is 2.79. The number of aromatic amines is 1. The summed E-state index contributed by atoms with van der Waals surface area (Å²) < 4.78 is 5.20. The molecular weight excluding hydrogens is 292 g/mol. The van der Waals surface area contributed by atoms with Crippen molar-refractivity contribution in [2.24, 2.45) is 0 Å². The average Bonchev–Trinajstić information content (AvgIpc) is 3.12. The molecule has 2 aromatic heterocycles. The Balaban J connectivity index is 1.83. The highest BCUT2D eigenvalue weighted by Gasteiger charge is 2.18. The second-order valence-electron chi connectivity index (χ2n) is 4.64. The summed E-state index contributed by atoms with van der Waals surface area (Å²) in [4.78, 5) is 15.2. The maximum Gasteiger partial charge on any atom is 0.268 e. The fourth-order valence-electron chi connectivity index (χ4n) is 2.16. The minimum atomic E-state index is -0.581. The maximum absolute atomic E-state index is 12.2. The van der Waals surface area contributed by atoms with E-state index in [1.54, 1.807) is 30.3 Å². The normalized spacial score (nSPS) is 12.5. The van der Waals surface area contributed by atoms with Gasteiger partial charge >= 0.3 is 0 Å². The molecule has 5 nitrogen and oxygen atoms in total. The van der Waals surface area contributed by atoms with Crippen LogP contribution in [0.25, 0.3) is 10.9 Å². The minimum absolute atomic E-state index is 0.245. The Labute approximate surface area is 125 Å². The Morgan fingerprint density at radius 3 is 2.95 bits per heavy atom. The van der Waals surface area contributed by atoms with E-state index in [1.807, 2.05) is 6.07 Å². The number of aliphatic hydroxyl groups is 1. The van der Waals surface area contributed by atoms with Crippen molar-refractivity contribution in [3.63, 3.8) is 0 Å². The molecule has 0 saturated heterocycles. The molecule has 0 radical (unpaired) electrons. The van der Waals surface area contributed by atoms with Crippen molar-refractivity contribution in [1.82, 2.24) is 10.3 Å². The maximum atomic E-state index is 12.2. The number of benzene rings is 1. The fourth-order valence-corrected chi connectivity index (χ4v) is 2.34. The number of carbonyl (C=O) groups is 1. The van der Waals surface area contributed by atoms with Gasteiger partial charge in [-0.05, 0) is 36.4 Å². The molecule has 0 aliphatic carbocycles. The zero-order chi connectivity index (χ0) is 14.8. The van der Waals surface area contributed by atoms with Gasteiger partial charge in [0.25, 0.3) is 5.91 Å². The number of fused-ring (bicyclic) bond motifs is 1. The number of H-pyrrole nitrogens is 1. The number of nitrogens with one attached hydrogen (secondary N) is 2. The van der Waals surface area contributed by atoms with Crippen LogP contribution in [-0.2, 0) is 0 Å². The number of hydrogen-bond acceptors (Lipinski definition) is 3. The van der Waals surface area contributed by atoms with Crippen molar-refractivity contribution in [1.29, 1.82) is 0 Å².